The van der Waals surface area contributed by atoms with Gasteiger partial charge >= 0.3 is 13.2 Å². The summed E-state index contributed by atoms with van der Waals surface area (Å²) in [5, 5.41) is 10.6. The van der Waals surface area contributed by atoms with E-state index < -0.39 is 30.2 Å². The largest absolute Gasteiger partial charge is 0.497 e. The molecule has 1 amide bonds. The summed E-state index contributed by atoms with van der Waals surface area (Å²) in [6.07, 6.45) is -1.20. The van der Waals surface area contributed by atoms with Crippen LogP contribution in [0.1, 0.15) is 33.3 Å². The van der Waals surface area contributed by atoms with Gasteiger partial charge in [0.2, 0.25) is 0 Å². The molecule has 5 nitrogen and oxygen atoms in total. The number of rotatable bonds is 3. The van der Waals surface area contributed by atoms with Gasteiger partial charge in [0.05, 0.1) is 16.2 Å². The maximum absolute atomic E-state index is 14.5. The summed E-state index contributed by atoms with van der Waals surface area (Å²) in [6.45, 7) is 7.42. The van der Waals surface area contributed by atoms with Crippen molar-refractivity contribution in [3.05, 3.63) is 28.5 Å². The minimum Gasteiger partial charge on any atom is -0.465 e. The van der Waals surface area contributed by atoms with E-state index in [0.29, 0.717) is 5.56 Å². The Labute approximate surface area is 133 Å². The van der Waals surface area contributed by atoms with Crippen LogP contribution < -0.4 is 10.8 Å². The summed E-state index contributed by atoms with van der Waals surface area (Å²) in [5.41, 5.74) is -0.621. The van der Waals surface area contributed by atoms with Gasteiger partial charge in [0.1, 0.15) is 5.82 Å². The Morgan fingerprint density at radius 3 is 2.36 bits per heavy atom. The van der Waals surface area contributed by atoms with Crippen molar-refractivity contribution in [2.75, 3.05) is 0 Å². The van der Waals surface area contributed by atoms with Gasteiger partial charge in [-0.05, 0) is 33.3 Å². The fraction of sp³-hybridized carbons (Fsp3) is 0.500. The molecular formula is C14H18BClFNO4. The smallest absolute Gasteiger partial charge is 0.465 e. The Balaban J connectivity index is 2.27. The van der Waals surface area contributed by atoms with Crippen LogP contribution >= 0.6 is 11.6 Å². The molecule has 2 N–H and O–H groups in total. The van der Waals surface area contributed by atoms with E-state index in [0.717, 1.165) is 0 Å². The molecule has 1 aliphatic heterocycles. The lowest BCUT2D eigenvalue weighted by Crippen LogP contribution is -2.41. The predicted octanol–water partition coefficient (Wildman–Crippen LogP) is 2.55. The molecule has 1 fully saturated rings. The maximum atomic E-state index is 14.5. The molecule has 0 aromatic heterocycles. The fourth-order valence-corrected chi connectivity index (χ4v) is 2.30. The van der Waals surface area contributed by atoms with Gasteiger partial charge in [0.25, 0.3) is 0 Å². The second-order valence-corrected chi connectivity index (χ2v) is 6.57. The Kier molecular flexibility index (Phi) is 4.43. The Bertz CT molecular complexity index is 593. The third-order valence-electron chi connectivity index (χ3n) is 4.13. The second-order valence-electron chi connectivity index (χ2n) is 6.19. The van der Waals surface area contributed by atoms with Gasteiger partial charge < -0.3 is 19.7 Å². The number of benzene rings is 1. The van der Waals surface area contributed by atoms with Gasteiger partial charge in [-0.1, -0.05) is 23.7 Å². The summed E-state index contributed by atoms with van der Waals surface area (Å²) < 4.78 is 26.1. The van der Waals surface area contributed by atoms with Crippen molar-refractivity contribution in [2.45, 2.75) is 45.4 Å². The fourth-order valence-electron chi connectivity index (χ4n) is 2.06. The van der Waals surface area contributed by atoms with Crippen molar-refractivity contribution in [3.63, 3.8) is 0 Å². The zero-order chi connectivity index (χ0) is 16.7. The van der Waals surface area contributed by atoms with Crippen molar-refractivity contribution in [1.29, 1.82) is 0 Å². The number of hydrogen-bond acceptors (Lipinski definition) is 3. The molecule has 2 rings (SSSR count). The molecule has 8 heteroatoms. The van der Waals surface area contributed by atoms with Crippen LogP contribution in [0.15, 0.2) is 12.1 Å². The van der Waals surface area contributed by atoms with Crippen LogP contribution in [0, 0.1) is 5.82 Å². The van der Waals surface area contributed by atoms with Crippen LogP contribution in [-0.4, -0.2) is 29.5 Å². The molecule has 1 aromatic rings. The third kappa shape index (κ3) is 3.07. The monoisotopic (exact) mass is 329 g/mol. The molecule has 0 unspecified atom stereocenters. The first kappa shape index (κ1) is 17.1. The number of hydrogen-bond donors (Lipinski definition) is 2. The van der Waals surface area contributed by atoms with Crippen molar-refractivity contribution in [2.24, 2.45) is 0 Å². The number of carboxylic acid groups (broad SMARTS) is 1. The first-order chi connectivity index (χ1) is 10.0. The molecule has 1 saturated heterocycles. The highest BCUT2D eigenvalue weighted by Crippen LogP contribution is 2.37. The summed E-state index contributed by atoms with van der Waals surface area (Å²) in [4.78, 5) is 10.5. The second kappa shape index (κ2) is 5.72. The Hall–Kier alpha value is -1.31. The lowest BCUT2D eigenvalue weighted by atomic mass is 9.78. The molecule has 0 aliphatic carbocycles. The topological polar surface area (TPSA) is 67.8 Å². The summed E-state index contributed by atoms with van der Waals surface area (Å²) in [6, 6.07) is 3.06. The molecule has 0 spiro atoms. The number of halogens is 2. The van der Waals surface area contributed by atoms with Gasteiger partial charge in [-0.25, -0.2) is 9.18 Å². The highest BCUT2D eigenvalue weighted by molar-refractivity contribution is 6.62. The van der Waals surface area contributed by atoms with E-state index in [2.05, 4.69) is 5.32 Å². The van der Waals surface area contributed by atoms with E-state index in [-0.39, 0.29) is 17.0 Å². The summed E-state index contributed by atoms with van der Waals surface area (Å²) in [7, 11) is -0.857. The minimum absolute atomic E-state index is 0.0747. The number of nitrogens with one attached hydrogen (secondary N) is 1. The molecule has 22 heavy (non-hydrogen) atoms. The van der Waals surface area contributed by atoms with E-state index in [1.165, 1.54) is 6.07 Å². The molecule has 1 heterocycles. The van der Waals surface area contributed by atoms with E-state index in [4.69, 9.17) is 26.0 Å². The highest BCUT2D eigenvalue weighted by Gasteiger charge is 2.52. The van der Waals surface area contributed by atoms with Gasteiger partial charge in [-0.3, -0.25) is 0 Å². The minimum atomic E-state index is -1.20. The Morgan fingerprint density at radius 1 is 1.32 bits per heavy atom. The highest BCUT2D eigenvalue weighted by atomic mass is 35.5. The average Bonchev–Trinajstić information content (AvgIpc) is 2.60. The first-order valence-corrected chi connectivity index (χ1v) is 7.22. The van der Waals surface area contributed by atoms with Crippen LogP contribution in [0.3, 0.4) is 0 Å². The molecule has 1 aromatic carbocycles. The van der Waals surface area contributed by atoms with Gasteiger partial charge in [-0.15, -0.1) is 0 Å². The lowest BCUT2D eigenvalue weighted by molar-refractivity contribution is 0.00578. The molecular weight excluding hydrogens is 311 g/mol. The van der Waals surface area contributed by atoms with Crippen LogP contribution in [0.5, 0.6) is 0 Å². The quantitative estimate of drug-likeness (QED) is 0.836. The van der Waals surface area contributed by atoms with Gasteiger partial charge in [-0.2, -0.15) is 0 Å². The molecule has 0 saturated carbocycles. The summed E-state index contributed by atoms with van der Waals surface area (Å²) in [5.74, 6) is -0.662. The van der Waals surface area contributed by atoms with Crippen molar-refractivity contribution in [1.82, 2.24) is 5.32 Å². The molecule has 0 radical (unpaired) electrons. The molecule has 0 bridgehead atoms. The lowest BCUT2D eigenvalue weighted by Gasteiger charge is -2.32. The normalized spacial score (nSPS) is 19.3. The third-order valence-corrected chi connectivity index (χ3v) is 4.54. The molecule has 1 aliphatic rings. The van der Waals surface area contributed by atoms with Crippen LogP contribution in [-0.2, 0) is 15.9 Å². The maximum Gasteiger partial charge on any atom is 0.497 e. The predicted molar refractivity (Wildman–Crippen MR) is 82.0 cm³/mol. The number of amides is 1. The Morgan fingerprint density at radius 2 is 1.86 bits per heavy atom. The molecule has 120 valence electrons. The van der Waals surface area contributed by atoms with E-state index in [9.17, 15) is 9.18 Å². The average molecular weight is 330 g/mol. The first-order valence-electron chi connectivity index (χ1n) is 6.84. The zero-order valence-corrected chi connectivity index (χ0v) is 13.6. The van der Waals surface area contributed by atoms with Gasteiger partial charge in [0.15, 0.2) is 0 Å². The van der Waals surface area contributed by atoms with Crippen LogP contribution in [0.4, 0.5) is 9.18 Å². The zero-order valence-electron chi connectivity index (χ0n) is 12.9. The standard InChI is InChI=1S/C14H18BClFNO4/c1-13(2)14(3,4)22-15(21-13)9-6-5-8(7-18-12(19)20)10(16)11(9)17/h5-6,18H,7H2,1-4H3,(H,19,20). The number of carbonyl (C=O) groups is 1. The van der Waals surface area contributed by atoms with Gasteiger partial charge in [0, 0.05) is 12.0 Å². The van der Waals surface area contributed by atoms with Crippen molar-refractivity contribution in [3.8, 4) is 0 Å². The van der Waals surface area contributed by atoms with E-state index >= 15 is 0 Å². The molecule has 0 atom stereocenters. The summed E-state index contributed by atoms with van der Waals surface area (Å²) >= 11 is 5.98. The van der Waals surface area contributed by atoms with E-state index in [1.54, 1.807) is 6.07 Å². The van der Waals surface area contributed by atoms with Crippen molar-refractivity contribution < 1.29 is 23.6 Å². The SMILES string of the molecule is CC1(C)OB(c2ccc(CNC(=O)O)c(Cl)c2F)OC1(C)C. The van der Waals surface area contributed by atoms with Crippen molar-refractivity contribution >= 4 is 30.3 Å². The van der Waals surface area contributed by atoms with Crippen LogP contribution in [0.25, 0.3) is 0 Å². The van der Waals surface area contributed by atoms with Crippen LogP contribution in [0.2, 0.25) is 5.02 Å². The van der Waals surface area contributed by atoms with E-state index in [1.807, 2.05) is 27.7 Å².